The Labute approximate surface area is 238 Å². The molecule has 2 atom stereocenters. The Bertz CT molecular complexity index is 1560. The van der Waals surface area contributed by atoms with Crippen LogP contribution in [0.5, 0.6) is 0 Å². The minimum atomic E-state index is -4.12. The quantitative estimate of drug-likeness (QED) is 0.461. The minimum Gasteiger partial charge on any atom is -0.444 e. The maximum absolute atomic E-state index is 13.7. The van der Waals surface area contributed by atoms with Crippen LogP contribution in [-0.2, 0) is 19.3 Å². The van der Waals surface area contributed by atoms with Gasteiger partial charge in [-0.15, -0.1) is 0 Å². The number of nitrogen functional groups attached to an aromatic ring is 1. The third kappa shape index (κ3) is 4.94. The summed E-state index contributed by atoms with van der Waals surface area (Å²) in [6.45, 7) is 10.9. The number of fused-ring (bicyclic) bond motifs is 1. The van der Waals surface area contributed by atoms with Crippen molar-refractivity contribution in [2.24, 2.45) is 5.41 Å². The number of hydrogen-bond acceptors (Lipinski definition) is 10. The number of nitrogens with one attached hydrogen (secondary N) is 1. The zero-order chi connectivity index (χ0) is 29.0. The molecule has 0 unspecified atom stereocenters. The largest absolute Gasteiger partial charge is 0.444 e. The lowest BCUT2D eigenvalue weighted by molar-refractivity contribution is 0.0434. The molecule has 5 rings (SSSR count). The van der Waals surface area contributed by atoms with E-state index in [1.165, 1.54) is 16.8 Å². The minimum absolute atomic E-state index is 0.0754. The fraction of sp³-hybridized carbons (Fsp3) is 0.538. The Morgan fingerprint density at radius 1 is 1.25 bits per heavy atom. The maximum atomic E-state index is 13.7. The lowest BCUT2D eigenvalue weighted by Gasteiger charge is -2.43. The number of sulfone groups is 1. The van der Waals surface area contributed by atoms with Gasteiger partial charge in [0.25, 0.3) is 0 Å². The Morgan fingerprint density at radius 2 is 1.95 bits per heavy atom. The van der Waals surface area contributed by atoms with E-state index in [4.69, 9.17) is 31.8 Å². The first-order chi connectivity index (χ1) is 18.7. The molecule has 3 N–H and O–H groups in total. The average molecular weight is 592 g/mol. The number of nitrogens with zero attached hydrogens (tertiary/aromatic N) is 5. The highest BCUT2D eigenvalue weighted by molar-refractivity contribution is 7.91. The third-order valence-corrected chi connectivity index (χ3v) is 9.97. The molecule has 0 bridgehead atoms. The Morgan fingerprint density at radius 3 is 2.62 bits per heavy atom. The van der Waals surface area contributed by atoms with Crippen LogP contribution in [0.15, 0.2) is 34.4 Å². The first kappa shape index (κ1) is 28.4. The highest BCUT2D eigenvalue weighted by Gasteiger charge is 2.50. The van der Waals surface area contributed by atoms with Gasteiger partial charge in [-0.3, -0.25) is 0 Å². The van der Waals surface area contributed by atoms with E-state index in [0.29, 0.717) is 31.0 Å². The van der Waals surface area contributed by atoms with Gasteiger partial charge in [0.15, 0.2) is 10.8 Å². The SMILES string of the molecule is Cc1nc(N2CCC3(CC2)CO[C@@H](C)[C@H]3NC(=O)OC(C)(C)C)c2ccnn2c1S(=O)(=O)c1ccnc(N)c1Cl. The van der Waals surface area contributed by atoms with E-state index < -0.39 is 21.5 Å². The van der Waals surface area contributed by atoms with Crippen molar-refractivity contribution in [3.05, 3.63) is 35.2 Å². The molecule has 5 heterocycles. The molecule has 2 saturated heterocycles. The summed E-state index contributed by atoms with van der Waals surface area (Å²) >= 11 is 6.23. The maximum Gasteiger partial charge on any atom is 0.407 e. The highest BCUT2D eigenvalue weighted by Crippen LogP contribution is 2.44. The lowest BCUT2D eigenvalue weighted by atomic mass is 9.73. The van der Waals surface area contributed by atoms with Crippen molar-refractivity contribution >= 4 is 44.7 Å². The summed E-state index contributed by atoms with van der Waals surface area (Å²) in [6.07, 6.45) is 3.71. The molecule has 14 heteroatoms. The molecule has 2 fully saturated rings. The standard InChI is InChI=1S/C26H34ClN7O5S/c1-15-23(40(36,37)18-7-10-29-21(28)19(18)27)34-17(6-11-30-34)22(31-15)33-12-8-26(9-13-33)14-38-16(2)20(26)32-24(35)39-25(3,4)5/h6-7,10-11,16,20H,8-9,12-14H2,1-5H3,(H2,28,29)(H,32,35)/t16-,20+/m0/s1. The summed E-state index contributed by atoms with van der Waals surface area (Å²) in [6, 6.07) is 2.85. The summed E-state index contributed by atoms with van der Waals surface area (Å²) < 4.78 is 40.3. The number of alkyl carbamates (subject to hydrolysis) is 1. The molecule has 0 radical (unpaired) electrons. The predicted octanol–water partition coefficient (Wildman–Crippen LogP) is 3.40. The van der Waals surface area contributed by atoms with Crippen molar-refractivity contribution in [2.45, 2.75) is 75.1 Å². The third-order valence-electron chi connectivity index (χ3n) is 7.57. The fourth-order valence-corrected chi connectivity index (χ4v) is 7.66. The second-order valence-electron chi connectivity index (χ2n) is 11.5. The van der Waals surface area contributed by atoms with Crippen LogP contribution >= 0.6 is 11.6 Å². The summed E-state index contributed by atoms with van der Waals surface area (Å²) in [5.74, 6) is 0.557. The Hall–Kier alpha value is -3.16. The molecule has 0 aromatic carbocycles. The molecule has 3 aromatic heterocycles. The lowest BCUT2D eigenvalue weighted by Crippen LogP contribution is -2.55. The normalized spacial score (nSPS) is 21.2. The number of carbonyl (C=O) groups is 1. The molecule has 3 aromatic rings. The molecule has 0 aliphatic carbocycles. The van der Waals surface area contributed by atoms with E-state index in [2.05, 4.69) is 20.3 Å². The van der Waals surface area contributed by atoms with Crippen LogP contribution in [0.4, 0.5) is 16.4 Å². The molecule has 216 valence electrons. The van der Waals surface area contributed by atoms with Crippen LogP contribution in [0, 0.1) is 12.3 Å². The van der Waals surface area contributed by atoms with Crippen molar-refractivity contribution in [3.8, 4) is 0 Å². The van der Waals surface area contributed by atoms with Gasteiger partial charge in [0.1, 0.15) is 22.0 Å². The molecule has 1 amide bonds. The van der Waals surface area contributed by atoms with E-state index in [1.807, 2.05) is 27.7 Å². The van der Waals surface area contributed by atoms with Crippen molar-refractivity contribution < 1.29 is 22.7 Å². The van der Waals surface area contributed by atoms with Gasteiger partial charge in [-0.25, -0.2) is 27.7 Å². The van der Waals surface area contributed by atoms with Gasteiger partial charge < -0.3 is 25.4 Å². The molecule has 40 heavy (non-hydrogen) atoms. The van der Waals surface area contributed by atoms with Crippen molar-refractivity contribution in [2.75, 3.05) is 30.3 Å². The molecular formula is C26H34ClN7O5S. The van der Waals surface area contributed by atoms with Gasteiger partial charge >= 0.3 is 6.09 Å². The van der Waals surface area contributed by atoms with Crippen LogP contribution in [0.3, 0.4) is 0 Å². The molecular weight excluding hydrogens is 558 g/mol. The second kappa shape index (κ2) is 10.0. The zero-order valence-corrected chi connectivity index (χ0v) is 24.7. The molecule has 0 saturated carbocycles. The number of aryl methyl sites for hydroxylation is 1. The number of aromatic nitrogens is 4. The number of anilines is 2. The first-order valence-electron chi connectivity index (χ1n) is 13.1. The number of rotatable bonds is 4. The van der Waals surface area contributed by atoms with Crippen molar-refractivity contribution in [3.63, 3.8) is 0 Å². The van der Waals surface area contributed by atoms with Crippen LogP contribution in [0.1, 0.15) is 46.2 Å². The number of ether oxygens (including phenoxy) is 2. The van der Waals surface area contributed by atoms with E-state index in [9.17, 15) is 13.2 Å². The van der Waals surface area contributed by atoms with E-state index in [0.717, 1.165) is 12.8 Å². The predicted molar refractivity (Wildman–Crippen MR) is 149 cm³/mol. The van der Waals surface area contributed by atoms with Gasteiger partial charge in [-0.2, -0.15) is 5.10 Å². The van der Waals surface area contributed by atoms with Gasteiger partial charge in [-0.1, -0.05) is 11.6 Å². The Kier molecular flexibility index (Phi) is 7.12. The summed E-state index contributed by atoms with van der Waals surface area (Å²) in [5, 5.41) is 7.16. The molecule has 2 aliphatic heterocycles. The summed E-state index contributed by atoms with van der Waals surface area (Å²) in [4.78, 5) is 23.2. The highest BCUT2D eigenvalue weighted by atomic mass is 35.5. The molecule has 2 aliphatic rings. The number of piperidine rings is 1. The van der Waals surface area contributed by atoms with Gasteiger partial charge in [-0.05, 0) is 59.6 Å². The van der Waals surface area contributed by atoms with Crippen LogP contribution in [0.25, 0.3) is 5.52 Å². The molecule has 1 spiro atoms. The monoisotopic (exact) mass is 591 g/mol. The zero-order valence-electron chi connectivity index (χ0n) is 23.1. The van der Waals surface area contributed by atoms with E-state index in [-0.39, 0.29) is 44.0 Å². The van der Waals surface area contributed by atoms with Gasteiger partial charge in [0.05, 0.1) is 35.5 Å². The van der Waals surface area contributed by atoms with Crippen molar-refractivity contribution in [1.82, 2.24) is 24.9 Å². The van der Waals surface area contributed by atoms with E-state index in [1.54, 1.807) is 19.2 Å². The van der Waals surface area contributed by atoms with E-state index >= 15 is 0 Å². The van der Waals surface area contributed by atoms with Crippen LogP contribution in [-0.4, -0.2) is 71.5 Å². The van der Waals surface area contributed by atoms with Gasteiger partial charge in [0.2, 0.25) is 9.84 Å². The number of hydrogen-bond donors (Lipinski definition) is 2. The summed E-state index contributed by atoms with van der Waals surface area (Å²) in [7, 11) is -4.12. The van der Waals surface area contributed by atoms with Gasteiger partial charge in [0, 0.05) is 24.7 Å². The number of amides is 1. The first-order valence-corrected chi connectivity index (χ1v) is 15.0. The number of carbonyl (C=O) groups excluding carboxylic acids is 1. The number of nitrogens with two attached hydrogens (primary N) is 1. The van der Waals surface area contributed by atoms with Crippen LogP contribution in [0.2, 0.25) is 5.02 Å². The average Bonchev–Trinajstić information content (AvgIpc) is 3.45. The summed E-state index contributed by atoms with van der Waals surface area (Å²) in [5.41, 5.74) is 5.76. The van der Waals surface area contributed by atoms with Crippen LogP contribution < -0.4 is 16.0 Å². The fourth-order valence-electron chi connectivity index (χ4n) is 5.65. The molecule has 12 nitrogen and oxygen atoms in total. The van der Waals surface area contributed by atoms with Crippen molar-refractivity contribution in [1.29, 1.82) is 0 Å². The second-order valence-corrected chi connectivity index (χ2v) is 13.7. The topological polar surface area (TPSA) is 154 Å². The Balaban J connectivity index is 1.43. The number of halogens is 1. The number of pyridine rings is 1. The smallest absolute Gasteiger partial charge is 0.407 e.